The van der Waals surface area contributed by atoms with Crippen molar-refractivity contribution in [1.82, 2.24) is 0 Å². The summed E-state index contributed by atoms with van der Waals surface area (Å²) in [7, 11) is 0. The van der Waals surface area contributed by atoms with Gasteiger partial charge in [0.1, 0.15) is 17.1 Å². The Hall–Kier alpha value is -1.85. The Morgan fingerprint density at radius 1 is 1.41 bits per heavy atom. The molecule has 1 aromatic carbocycles. The van der Waals surface area contributed by atoms with Gasteiger partial charge < -0.3 is 19.6 Å². The molecule has 0 radical (unpaired) electrons. The van der Waals surface area contributed by atoms with Gasteiger partial charge in [0.25, 0.3) is 0 Å². The molecule has 2 N–H and O–H groups in total. The van der Waals surface area contributed by atoms with E-state index in [0.717, 1.165) is 33.4 Å². The number of rotatable bonds is 4. The summed E-state index contributed by atoms with van der Waals surface area (Å²) in [6.07, 6.45) is 0.411. The number of hydrogen-bond acceptors (Lipinski definition) is 5. The minimum absolute atomic E-state index is 0.146. The van der Waals surface area contributed by atoms with Crippen molar-refractivity contribution < 1.29 is 18.7 Å². The molecular weight excluding hydrogens is 282 g/mol. The molecule has 0 bridgehead atoms. The van der Waals surface area contributed by atoms with E-state index in [2.05, 4.69) is 6.07 Å². The number of aryl methyl sites for hydroxylation is 2. The highest BCUT2D eigenvalue weighted by atomic mass is 16.5. The standard InChI is InChI=1S/C17H21NO4/c1-9-6-15(19)22-16-10(2)17-13(7-12(9)16)14(11(3)21-17)8-20-5-4-18/h7,9H,4-6,8,18H2,1-3H3. The lowest BCUT2D eigenvalue weighted by molar-refractivity contribution is -0.135. The predicted molar refractivity (Wildman–Crippen MR) is 83.1 cm³/mol. The van der Waals surface area contributed by atoms with Gasteiger partial charge in [-0.1, -0.05) is 6.92 Å². The first kappa shape index (κ1) is 15.1. The Kier molecular flexibility index (Phi) is 3.93. The molecule has 0 amide bonds. The van der Waals surface area contributed by atoms with Crippen molar-refractivity contribution in [1.29, 1.82) is 0 Å². The molecule has 1 aliphatic rings. The van der Waals surface area contributed by atoms with Crippen LogP contribution in [0.2, 0.25) is 0 Å². The number of nitrogens with two attached hydrogens (primary N) is 1. The lowest BCUT2D eigenvalue weighted by atomic mass is 9.91. The first-order valence-corrected chi connectivity index (χ1v) is 7.56. The number of furan rings is 1. The van der Waals surface area contributed by atoms with Crippen LogP contribution >= 0.6 is 0 Å². The summed E-state index contributed by atoms with van der Waals surface area (Å²) in [5.74, 6) is 1.44. The van der Waals surface area contributed by atoms with Crippen LogP contribution in [0.4, 0.5) is 0 Å². The van der Waals surface area contributed by atoms with Gasteiger partial charge in [0, 0.05) is 23.1 Å². The molecule has 22 heavy (non-hydrogen) atoms. The Balaban J connectivity index is 2.13. The highest BCUT2D eigenvalue weighted by Gasteiger charge is 2.28. The Morgan fingerprint density at radius 3 is 2.91 bits per heavy atom. The van der Waals surface area contributed by atoms with Crippen molar-refractivity contribution in [3.63, 3.8) is 0 Å². The third-order valence-corrected chi connectivity index (χ3v) is 4.22. The van der Waals surface area contributed by atoms with E-state index in [1.807, 2.05) is 20.8 Å². The van der Waals surface area contributed by atoms with Gasteiger partial charge in [-0.15, -0.1) is 0 Å². The highest BCUT2D eigenvalue weighted by Crippen LogP contribution is 2.42. The Morgan fingerprint density at radius 2 is 2.18 bits per heavy atom. The first-order chi connectivity index (χ1) is 10.5. The molecule has 5 nitrogen and oxygen atoms in total. The van der Waals surface area contributed by atoms with E-state index in [-0.39, 0.29) is 11.9 Å². The maximum atomic E-state index is 11.7. The quantitative estimate of drug-likeness (QED) is 0.534. The lowest BCUT2D eigenvalue weighted by Gasteiger charge is -2.23. The lowest BCUT2D eigenvalue weighted by Crippen LogP contribution is -2.19. The fourth-order valence-corrected chi connectivity index (χ4v) is 3.02. The van der Waals surface area contributed by atoms with Crippen molar-refractivity contribution in [2.45, 2.75) is 39.7 Å². The third kappa shape index (κ3) is 2.40. The summed E-state index contributed by atoms with van der Waals surface area (Å²) < 4.78 is 16.9. The average molecular weight is 303 g/mol. The van der Waals surface area contributed by atoms with Crippen molar-refractivity contribution in [2.24, 2.45) is 5.73 Å². The first-order valence-electron chi connectivity index (χ1n) is 7.56. The molecule has 0 fully saturated rings. The maximum Gasteiger partial charge on any atom is 0.311 e. The van der Waals surface area contributed by atoms with Crippen molar-refractivity contribution in [2.75, 3.05) is 13.2 Å². The number of benzene rings is 1. The molecule has 2 heterocycles. The molecule has 118 valence electrons. The number of ether oxygens (including phenoxy) is 2. The zero-order valence-electron chi connectivity index (χ0n) is 13.2. The number of hydrogen-bond donors (Lipinski definition) is 1. The largest absolute Gasteiger partial charge is 0.461 e. The van der Waals surface area contributed by atoms with Crippen molar-refractivity contribution >= 4 is 16.9 Å². The molecule has 1 atom stereocenters. The summed E-state index contributed by atoms with van der Waals surface area (Å²) in [5.41, 5.74) is 9.21. The molecule has 1 aromatic heterocycles. The predicted octanol–water partition coefficient (Wildman–Crippen LogP) is 2.94. The van der Waals surface area contributed by atoms with Gasteiger partial charge >= 0.3 is 5.97 Å². The molecule has 0 aliphatic carbocycles. The molecule has 2 aromatic rings. The summed E-state index contributed by atoms with van der Waals surface area (Å²) in [4.78, 5) is 11.7. The normalized spacial score (nSPS) is 17.6. The number of carbonyl (C=O) groups is 1. The molecule has 1 aliphatic heterocycles. The molecule has 0 saturated heterocycles. The van der Waals surface area contributed by atoms with Gasteiger partial charge in [0.2, 0.25) is 0 Å². The topological polar surface area (TPSA) is 74.7 Å². The maximum absolute atomic E-state index is 11.7. The van der Waals surface area contributed by atoms with Crippen LogP contribution in [0.5, 0.6) is 5.75 Å². The van der Waals surface area contributed by atoms with Crippen LogP contribution in [0, 0.1) is 13.8 Å². The van der Waals surface area contributed by atoms with E-state index in [1.165, 1.54) is 0 Å². The zero-order chi connectivity index (χ0) is 15.9. The van der Waals surface area contributed by atoms with Crippen LogP contribution in [0.15, 0.2) is 10.5 Å². The van der Waals surface area contributed by atoms with Gasteiger partial charge in [-0.25, -0.2) is 0 Å². The van der Waals surface area contributed by atoms with E-state index in [0.29, 0.717) is 31.9 Å². The van der Waals surface area contributed by atoms with Gasteiger partial charge in [-0.05, 0) is 31.4 Å². The second kappa shape index (κ2) is 5.74. The fraction of sp³-hybridized carbons (Fsp3) is 0.471. The van der Waals surface area contributed by atoms with Gasteiger partial charge in [0.15, 0.2) is 0 Å². The second-order valence-electron chi connectivity index (χ2n) is 5.85. The zero-order valence-corrected chi connectivity index (χ0v) is 13.2. The second-order valence-corrected chi connectivity index (χ2v) is 5.85. The van der Waals surface area contributed by atoms with Crippen LogP contribution in [-0.4, -0.2) is 19.1 Å². The van der Waals surface area contributed by atoms with E-state index in [4.69, 9.17) is 19.6 Å². The Bertz CT molecular complexity index is 732. The minimum atomic E-state index is -0.183. The van der Waals surface area contributed by atoms with Crippen LogP contribution < -0.4 is 10.5 Å². The summed E-state index contributed by atoms with van der Waals surface area (Å²) in [5, 5.41) is 1.04. The van der Waals surface area contributed by atoms with Crippen LogP contribution in [-0.2, 0) is 16.1 Å². The molecule has 1 unspecified atom stereocenters. The summed E-state index contributed by atoms with van der Waals surface area (Å²) >= 11 is 0. The average Bonchev–Trinajstić information content (AvgIpc) is 2.78. The summed E-state index contributed by atoms with van der Waals surface area (Å²) in [6, 6.07) is 2.08. The van der Waals surface area contributed by atoms with Crippen LogP contribution in [0.1, 0.15) is 41.7 Å². The van der Waals surface area contributed by atoms with E-state index in [9.17, 15) is 4.79 Å². The van der Waals surface area contributed by atoms with Gasteiger partial charge in [0.05, 0.1) is 19.6 Å². The smallest absolute Gasteiger partial charge is 0.311 e. The van der Waals surface area contributed by atoms with Gasteiger partial charge in [-0.2, -0.15) is 0 Å². The third-order valence-electron chi connectivity index (χ3n) is 4.22. The number of esters is 1. The van der Waals surface area contributed by atoms with Crippen molar-refractivity contribution in [3.8, 4) is 5.75 Å². The van der Waals surface area contributed by atoms with E-state index < -0.39 is 0 Å². The molecule has 3 rings (SSSR count). The summed E-state index contributed by atoms with van der Waals surface area (Å²) in [6.45, 7) is 7.39. The van der Waals surface area contributed by atoms with Crippen LogP contribution in [0.25, 0.3) is 11.0 Å². The molecule has 5 heteroatoms. The highest BCUT2D eigenvalue weighted by molar-refractivity contribution is 5.90. The van der Waals surface area contributed by atoms with E-state index in [1.54, 1.807) is 0 Å². The fourth-order valence-electron chi connectivity index (χ4n) is 3.02. The van der Waals surface area contributed by atoms with Gasteiger partial charge in [-0.3, -0.25) is 4.79 Å². The number of fused-ring (bicyclic) bond motifs is 2. The number of carbonyl (C=O) groups excluding carboxylic acids is 1. The minimum Gasteiger partial charge on any atom is -0.461 e. The molecule has 0 saturated carbocycles. The van der Waals surface area contributed by atoms with Crippen LogP contribution in [0.3, 0.4) is 0 Å². The van der Waals surface area contributed by atoms with E-state index >= 15 is 0 Å². The van der Waals surface area contributed by atoms with Crippen molar-refractivity contribution in [3.05, 3.63) is 28.5 Å². The molecule has 0 spiro atoms. The monoisotopic (exact) mass is 303 g/mol. The SMILES string of the molecule is Cc1oc2c(C)c3c(cc2c1COCCN)C(C)CC(=O)O3. The Labute approximate surface area is 129 Å². The molecular formula is C17H21NO4.